The third-order valence-electron chi connectivity index (χ3n) is 0.167. The standard InChI is InChI=1S/C2H8N2.5O.2V/c3-1-2-4;;;;;;;/h1-4H2;;;;;;;/q;5*-2;;. The minimum atomic E-state index is 0. The molecular formula is C2H8N2O5V2-10. The first-order chi connectivity index (χ1) is 1.91. The van der Waals surface area contributed by atoms with Crippen LogP contribution in [0.15, 0.2) is 0 Å². The second kappa shape index (κ2) is 128. The first-order valence-corrected chi connectivity index (χ1v) is 1.32. The molecule has 0 fully saturated rings. The topological polar surface area (TPSA) is 195 Å². The maximum Gasteiger partial charge on any atom is 0.00461 e. The molecule has 0 saturated heterocycles. The molecule has 0 bridgehead atoms. The maximum atomic E-state index is 4.90. The molecule has 9 heteroatoms. The zero-order chi connectivity index (χ0) is 3.41. The van der Waals surface area contributed by atoms with E-state index in [9.17, 15) is 0 Å². The molecule has 0 aromatic heterocycles. The summed E-state index contributed by atoms with van der Waals surface area (Å²) in [5.74, 6) is 0. The molecular weight excluding hydrogens is 234 g/mol. The van der Waals surface area contributed by atoms with Crippen molar-refractivity contribution >= 4 is 0 Å². The van der Waals surface area contributed by atoms with E-state index in [-0.39, 0.29) is 64.5 Å². The van der Waals surface area contributed by atoms with Crippen molar-refractivity contribution in [2.24, 2.45) is 11.5 Å². The maximum absolute atomic E-state index is 4.90. The molecule has 11 heavy (non-hydrogen) atoms. The Morgan fingerprint density at radius 3 is 0.636 bits per heavy atom. The molecule has 0 amide bonds. The van der Waals surface area contributed by atoms with E-state index >= 15 is 0 Å². The van der Waals surface area contributed by atoms with Gasteiger partial charge in [0.25, 0.3) is 0 Å². The molecule has 0 aromatic carbocycles. The van der Waals surface area contributed by atoms with E-state index < -0.39 is 0 Å². The smallest absolute Gasteiger partial charge is 0.00461 e. The Kier molecular flexibility index (Phi) is 1080. The van der Waals surface area contributed by atoms with Gasteiger partial charge in [-0.3, -0.25) is 0 Å². The summed E-state index contributed by atoms with van der Waals surface area (Å²) < 4.78 is 0. The number of rotatable bonds is 1. The minimum absolute atomic E-state index is 0. The molecule has 76 valence electrons. The van der Waals surface area contributed by atoms with Crippen molar-refractivity contribution in [3.63, 3.8) is 0 Å². The Morgan fingerprint density at radius 1 is 0.545 bits per heavy atom. The molecule has 0 aliphatic carbocycles. The molecule has 0 saturated carbocycles. The van der Waals surface area contributed by atoms with Crippen LogP contribution in [-0.4, -0.2) is 13.1 Å². The second-order valence-corrected chi connectivity index (χ2v) is 0.577. The fourth-order valence-electron chi connectivity index (χ4n) is 0. The Labute approximate surface area is 89.2 Å². The zero-order valence-corrected chi connectivity index (χ0v) is 8.30. The SMILES string of the molecule is NCCN.[O-2].[O-2].[O-2].[O-2].[O-2].[V].[V]. The molecule has 0 atom stereocenters. The van der Waals surface area contributed by atoms with Crippen LogP contribution < -0.4 is 11.5 Å². The Bertz CT molecular complexity index is 22.4. The van der Waals surface area contributed by atoms with E-state index in [1.165, 1.54) is 0 Å². The third-order valence-corrected chi connectivity index (χ3v) is 0.167. The molecule has 0 spiro atoms. The van der Waals surface area contributed by atoms with Crippen molar-refractivity contribution in [2.45, 2.75) is 0 Å². The van der Waals surface area contributed by atoms with Crippen LogP contribution >= 0.6 is 0 Å². The van der Waals surface area contributed by atoms with Crippen LogP contribution in [0.3, 0.4) is 0 Å². The first kappa shape index (κ1) is 93.2. The first-order valence-electron chi connectivity index (χ1n) is 1.32. The molecule has 7 nitrogen and oxygen atoms in total. The van der Waals surface area contributed by atoms with Gasteiger partial charge in [-0.15, -0.1) is 0 Å². The summed E-state index contributed by atoms with van der Waals surface area (Å²) in [7, 11) is 0. The quantitative estimate of drug-likeness (QED) is 0.553. The van der Waals surface area contributed by atoms with Crippen LogP contribution in [0.2, 0.25) is 0 Å². The molecule has 0 aliphatic rings. The van der Waals surface area contributed by atoms with Gasteiger partial charge in [0.15, 0.2) is 0 Å². The van der Waals surface area contributed by atoms with Crippen molar-refractivity contribution in [1.29, 1.82) is 0 Å². The van der Waals surface area contributed by atoms with Crippen molar-refractivity contribution in [1.82, 2.24) is 0 Å². The molecule has 0 aromatic rings. The van der Waals surface area contributed by atoms with Gasteiger partial charge in [-0.05, 0) is 0 Å². The molecule has 0 aliphatic heterocycles. The summed E-state index contributed by atoms with van der Waals surface area (Å²) >= 11 is 0. The number of hydrogen-bond acceptors (Lipinski definition) is 2. The molecule has 0 unspecified atom stereocenters. The van der Waals surface area contributed by atoms with Crippen LogP contribution in [0.5, 0.6) is 0 Å². The third kappa shape index (κ3) is 241. The van der Waals surface area contributed by atoms with Crippen LogP contribution in [-0.2, 0) is 64.5 Å². The summed E-state index contributed by atoms with van der Waals surface area (Å²) in [6.45, 7) is 1.19. The molecule has 0 rings (SSSR count). The zero-order valence-electron chi connectivity index (χ0n) is 5.50. The van der Waals surface area contributed by atoms with Gasteiger partial charge < -0.3 is 38.8 Å². The van der Waals surface area contributed by atoms with E-state index in [4.69, 9.17) is 11.5 Å². The van der Waals surface area contributed by atoms with Crippen molar-refractivity contribution in [2.75, 3.05) is 13.1 Å². The van der Waals surface area contributed by atoms with E-state index in [0.717, 1.165) is 0 Å². The number of nitrogens with two attached hydrogens (primary N) is 2. The largest absolute Gasteiger partial charge is 2.00 e. The van der Waals surface area contributed by atoms with Crippen LogP contribution in [0.25, 0.3) is 0 Å². The normalized spacial score (nSPS) is 2.73. The fourth-order valence-corrected chi connectivity index (χ4v) is 0. The van der Waals surface area contributed by atoms with E-state index in [0.29, 0.717) is 13.1 Å². The van der Waals surface area contributed by atoms with E-state index in [1.54, 1.807) is 0 Å². The van der Waals surface area contributed by atoms with Crippen molar-refractivity contribution < 1.29 is 64.5 Å². The Hall–Kier alpha value is 0.889. The predicted molar refractivity (Wildman–Crippen MR) is 21.5 cm³/mol. The average Bonchev–Trinajstić information content (AvgIpc) is 1.37. The van der Waals surface area contributed by atoms with Crippen molar-refractivity contribution in [3.8, 4) is 0 Å². The number of hydrogen-bond donors (Lipinski definition) is 2. The summed E-state index contributed by atoms with van der Waals surface area (Å²) in [4.78, 5) is 0. The monoisotopic (exact) mass is 242 g/mol. The van der Waals surface area contributed by atoms with Gasteiger partial charge in [0.2, 0.25) is 0 Å². The van der Waals surface area contributed by atoms with Crippen molar-refractivity contribution in [3.05, 3.63) is 0 Å². The average molecular weight is 242 g/mol. The van der Waals surface area contributed by atoms with E-state index in [1.807, 2.05) is 0 Å². The summed E-state index contributed by atoms with van der Waals surface area (Å²) in [6, 6.07) is 0. The van der Waals surface area contributed by atoms with Crippen LogP contribution in [0.1, 0.15) is 0 Å². The predicted octanol–water partition coefficient (Wildman–Crippen LogP) is -1.70. The second-order valence-electron chi connectivity index (χ2n) is 0.577. The Balaban J connectivity index is -0.00000000214. The van der Waals surface area contributed by atoms with Gasteiger partial charge >= 0.3 is 0 Å². The van der Waals surface area contributed by atoms with Gasteiger partial charge in [-0.2, -0.15) is 0 Å². The molecule has 4 N–H and O–H groups in total. The van der Waals surface area contributed by atoms with E-state index in [2.05, 4.69) is 0 Å². The van der Waals surface area contributed by atoms with Gasteiger partial charge in [-0.25, -0.2) is 0 Å². The summed E-state index contributed by atoms with van der Waals surface area (Å²) in [6.07, 6.45) is 0. The fraction of sp³-hybridized carbons (Fsp3) is 1.00. The van der Waals surface area contributed by atoms with Gasteiger partial charge in [0, 0.05) is 50.2 Å². The molecule has 0 heterocycles. The minimum Gasteiger partial charge on any atom is -2.00 e. The summed E-state index contributed by atoms with van der Waals surface area (Å²) in [5, 5.41) is 0. The van der Waals surface area contributed by atoms with Crippen LogP contribution in [0.4, 0.5) is 0 Å². The summed E-state index contributed by atoms with van der Waals surface area (Å²) in [5.41, 5.74) is 9.81. The van der Waals surface area contributed by atoms with Gasteiger partial charge in [-0.1, -0.05) is 0 Å². The molecule has 2 radical (unpaired) electrons. The van der Waals surface area contributed by atoms with Crippen LogP contribution in [0, 0.1) is 0 Å². The van der Waals surface area contributed by atoms with Gasteiger partial charge in [0.1, 0.15) is 0 Å². The Morgan fingerprint density at radius 2 is 0.636 bits per heavy atom. The van der Waals surface area contributed by atoms with Gasteiger partial charge in [0.05, 0.1) is 0 Å².